The van der Waals surface area contributed by atoms with Crippen LogP contribution in [0, 0.1) is 0 Å². The van der Waals surface area contributed by atoms with E-state index in [2.05, 4.69) is 5.32 Å². The predicted molar refractivity (Wildman–Crippen MR) is 130 cm³/mol. The number of nitrogens with one attached hydrogen (secondary N) is 1. The average Bonchev–Trinajstić information content (AvgIpc) is 2.87. The second-order valence-corrected chi connectivity index (χ2v) is 7.68. The second-order valence-electron chi connectivity index (χ2n) is 7.68. The number of carbonyl (C=O) groups is 2. The fourth-order valence-electron chi connectivity index (χ4n) is 3.34. The molecule has 3 aromatic rings. The molecule has 0 fully saturated rings. The largest absolute Gasteiger partial charge is 0.488 e. The van der Waals surface area contributed by atoms with Gasteiger partial charge in [-0.1, -0.05) is 66.7 Å². The van der Waals surface area contributed by atoms with Crippen LogP contribution in [0.2, 0.25) is 0 Å². The number of hydrogen-bond donors (Lipinski definition) is 1. The molecule has 0 saturated carbocycles. The van der Waals surface area contributed by atoms with Crippen molar-refractivity contribution in [2.45, 2.75) is 25.9 Å². The fourth-order valence-corrected chi connectivity index (χ4v) is 3.34. The monoisotopic (exact) mass is 443 g/mol. The zero-order valence-electron chi connectivity index (χ0n) is 19.0. The first-order valence-corrected chi connectivity index (χ1v) is 10.9. The van der Waals surface area contributed by atoms with E-state index < -0.39 is 5.97 Å². The summed E-state index contributed by atoms with van der Waals surface area (Å²) in [6.45, 7) is 2.83. The summed E-state index contributed by atoms with van der Waals surface area (Å²) in [6, 6.07) is 25.5. The maximum atomic E-state index is 12.7. The minimum absolute atomic E-state index is 0.0493. The molecule has 0 aromatic heterocycles. The maximum Gasteiger partial charge on any atom is 0.330 e. The summed E-state index contributed by atoms with van der Waals surface area (Å²) in [4.78, 5) is 24.3. The average molecular weight is 444 g/mol. The van der Waals surface area contributed by atoms with Crippen molar-refractivity contribution >= 4 is 18.0 Å². The number of amides is 1. The standard InChI is InChI=1S/C28H29NO4/c1-21(28(31)29-18-17-22-9-5-3-6-10-22)24-13-15-26(25(19-24)14-16-27(30)32-2)33-20-23-11-7-4-8-12-23/h3-16,19,21H,17-18,20H2,1-2H3,(H,29,31). The number of esters is 1. The van der Waals surface area contributed by atoms with Crippen LogP contribution in [0.15, 0.2) is 84.9 Å². The summed E-state index contributed by atoms with van der Waals surface area (Å²) in [6.07, 6.45) is 3.77. The van der Waals surface area contributed by atoms with Crippen molar-refractivity contribution in [1.29, 1.82) is 0 Å². The van der Waals surface area contributed by atoms with E-state index in [1.165, 1.54) is 18.7 Å². The molecule has 3 rings (SSSR count). The van der Waals surface area contributed by atoms with Crippen molar-refractivity contribution in [1.82, 2.24) is 5.32 Å². The van der Waals surface area contributed by atoms with E-state index in [4.69, 9.17) is 9.47 Å². The third kappa shape index (κ3) is 7.35. The molecule has 0 bridgehead atoms. The normalized spacial score (nSPS) is 11.7. The molecule has 1 amide bonds. The lowest BCUT2D eigenvalue weighted by Gasteiger charge is -2.16. The highest BCUT2D eigenvalue weighted by Gasteiger charge is 2.16. The summed E-state index contributed by atoms with van der Waals surface area (Å²) < 4.78 is 10.7. The molecule has 1 atom stereocenters. The minimum atomic E-state index is -0.457. The van der Waals surface area contributed by atoms with E-state index >= 15 is 0 Å². The number of rotatable bonds is 10. The summed E-state index contributed by atoms with van der Waals surface area (Å²) in [5.74, 6) is -0.235. The molecule has 0 aliphatic carbocycles. The molecule has 0 spiro atoms. The summed E-state index contributed by atoms with van der Waals surface area (Å²) in [5, 5.41) is 3.01. The molecule has 0 saturated heterocycles. The van der Waals surface area contributed by atoms with Gasteiger partial charge < -0.3 is 14.8 Å². The van der Waals surface area contributed by atoms with E-state index in [0.29, 0.717) is 24.5 Å². The highest BCUT2D eigenvalue weighted by atomic mass is 16.5. The lowest BCUT2D eigenvalue weighted by Crippen LogP contribution is -2.29. The SMILES string of the molecule is COC(=O)C=Cc1cc(C(C)C(=O)NCCc2ccccc2)ccc1OCc1ccccc1. The van der Waals surface area contributed by atoms with Gasteiger partial charge in [0, 0.05) is 18.2 Å². The quantitative estimate of drug-likeness (QED) is 0.357. The summed E-state index contributed by atoms with van der Waals surface area (Å²) in [7, 11) is 1.33. The Morgan fingerprint density at radius 3 is 2.27 bits per heavy atom. The van der Waals surface area contributed by atoms with Gasteiger partial charge in [0.25, 0.3) is 0 Å². The topological polar surface area (TPSA) is 64.6 Å². The molecule has 1 unspecified atom stereocenters. The molecule has 1 N–H and O–H groups in total. The Hall–Kier alpha value is -3.86. The molecule has 170 valence electrons. The van der Waals surface area contributed by atoms with Crippen LogP contribution in [-0.2, 0) is 27.4 Å². The number of benzene rings is 3. The van der Waals surface area contributed by atoms with Crippen LogP contribution < -0.4 is 10.1 Å². The number of carbonyl (C=O) groups excluding carboxylic acids is 2. The molecule has 3 aromatic carbocycles. The highest BCUT2D eigenvalue weighted by Crippen LogP contribution is 2.27. The van der Waals surface area contributed by atoms with Crippen molar-refractivity contribution < 1.29 is 19.1 Å². The van der Waals surface area contributed by atoms with Crippen LogP contribution >= 0.6 is 0 Å². The van der Waals surface area contributed by atoms with E-state index in [1.54, 1.807) is 6.08 Å². The fraction of sp³-hybridized carbons (Fsp3) is 0.214. The van der Waals surface area contributed by atoms with Gasteiger partial charge in [-0.15, -0.1) is 0 Å². The molecule has 33 heavy (non-hydrogen) atoms. The van der Waals surface area contributed by atoms with Gasteiger partial charge >= 0.3 is 5.97 Å². The molecule has 5 nitrogen and oxygen atoms in total. The van der Waals surface area contributed by atoms with Crippen LogP contribution in [0.1, 0.15) is 35.1 Å². The Balaban J connectivity index is 1.70. The van der Waals surface area contributed by atoms with Crippen molar-refractivity contribution in [2.75, 3.05) is 13.7 Å². The molecule has 5 heteroatoms. The lowest BCUT2D eigenvalue weighted by atomic mass is 9.97. The Morgan fingerprint density at radius 2 is 1.61 bits per heavy atom. The Morgan fingerprint density at radius 1 is 0.939 bits per heavy atom. The van der Waals surface area contributed by atoms with Crippen molar-refractivity contribution in [3.63, 3.8) is 0 Å². The first-order valence-electron chi connectivity index (χ1n) is 10.9. The highest BCUT2D eigenvalue weighted by molar-refractivity contribution is 5.88. The van der Waals surface area contributed by atoms with Crippen molar-refractivity contribution in [3.05, 3.63) is 107 Å². The number of hydrogen-bond acceptors (Lipinski definition) is 4. The van der Waals surface area contributed by atoms with Gasteiger partial charge in [0.1, 0.15) is 12.4 Å². The Labute approximate surface area is 195 Å². The maximum absolute atomic E-state index is 12.7. The van der Waals surface area contributed by atoms with Crippen LogP contribution in [0.25, 0.3) is 6.08 Å². The van der Waals surface area contributed by atoms with Gasteiger partial charge in [-0.25, -0.2) is 4.79 Å². The van der Waals surface area contributed by atoms with Crippen molar-refractivity contribution in [2.24, 2.45) is 0 Å². The zero-order valence-corrected chi connectivity index (χ0v) is 19.0. The van der Waals surface area contributed by atoms with Gasteiger partial charge in [0.2, 0.25) is 5.91 Å². The Bertz CT molecular complexity index is 1080. The third-order valence-electron chi connectivity index (χ3n) is 5.32. The molecular formula is C28H29NO4. The lowest BCUT2D eigenvalue weighted by molar-refractivity contribution is -0.134. The molecule has 0 heterocycles. The van der Waals surface area contributed by atoms with E-state index in [1.807, 2.05) is 85.8 Å². The van der Waals surface area contributed by atoms with E-state index in [-0.39, 0.29) is 11.8 Å². The van der Waals surface area contributed by atoms with Crippen LogP contribution in [0.4, 0.5) is 0 Å². The van der Waals surface area contributed by atoms with Crippen LogP contribution in [0.5, 0.6) is 5.75 Å². The number of methoxy groups -OCH3 is 1. The predicted octanol–water partition coefficient (Wildman–Crippen LogP) is 4.91. The van der Waals surface area contributed by atoms with Gasteiger partial charge in [-0.05, 0) is 48.2 Å². The minimum Gasteiger partial charge on any atom is -0.488 e. The van der Waals surface area contributed by atoms with Crippen LogP contribution in [0.3, 0.4) is 0 Å². The van der Waals surface area contributed by atoms with Gasteiger partial charge in [-0.3, -0.25) is 4.79 Å². The van der Waals surface area contributed by atoms with Gasteiger partial charge in [-0.2, -0.15) is 0 Å². The summed E-state index contributed by atoms with van der Waals surface area (Å²) >= 11 is 0. The molecular weight excluding hydrogens is 414 g/mol. The van der Waals surface area contributed by atoms with Crippen LogP contribution in [-0.4, -0.2) is 25.5 Å². The second kappa shape index (κ2) is 12.2. The third-order valence-corrected chi connectivity index (χ3v) is 5.32. The van der Waals surface area contributed by atoms with E-state index in [9.17, 15) is 9.59 Å². The zero-order chi connectivity index (χ0) is 23.5. The number of ether oxygens (including phenoxy) is 2. The molecule has 0 radical (unpaired) electrons. The smallest absolute Gasteiger partial charge is 0.330 e. The molecule has 0 aliphatic heterocycles. The van der Waals surface area contributed by atoms with Crippen molar-refractivity contribution in [3.8, 4) is 5.75 Å². The first kappa shape index (κ1) is 23.8. The molecule has 0 aliphatic rings. The Kier molecular flexibility index (Phi) is 8.83. The van der Waals surface area contributed by atoms with Gasteiger partial charge in [0.05, 0.1) is 13.0 Å². The van der Waals surface area contributed by atoms with E-state index in [0.717, 1.165) is 17.5 Å². The van der Waals surface area contributed by atoms with Gasteiger partial charge in [0.15, 0.2) is 0 Å². The summed E-state index contributed by atoms with van der Waals surface area (Å²) in [5.41, 5.74) is 3.76. The first-order chi connectivity index (χ1) is 16.1.